The summed E-state index contributed by atoms with van der Waals surface area (Å²) in [5.74, 6) is -0.0833. The van der Waals surface area contributed by atoms with E-state index in [4.69, 9.17) is 0 Å². The molecular formula is C16H8I2N2O2. The lowest BCUT2D eigenvalue weighted by atomic mass is 10.1. The number of aliphatic imine (C=N–C) groups is 1. The van der Waals surface area contributed by atoms with Crippen molar-refractivity contribution in [3.63, 3.8) is 0 Å². The fraction of sp³-hybridized carbons (Fsp3) is 0. The molecule has 2 aromatic carbocycles. The van der Waals surface area contributed by atoms with E-state index in [2.05, 4.69) is 55.2 Å². The molecule has 2 N–H and O–H groups in total. The Balaban J connectivity index is 1.93. The van der Waals surface area contributed by atoms with Gasteiger partial charge in [0.05, 0.1) is 11.3 Å². The Morgan fingerprint density at radius 3 is 2.64 bits per heavy atom. The zero-order valence-electron chi connectivity index (χ0n) is 11.0. The van der Waals surface area contributed by atoms with Crippen LogP contribution in [0.15, 0.2) is 41.4 Å². The van der Waals surface area contributed by atoms with Gasteiger partial charge in [0.1, 0.15) is 11.4 Å². The van der Waals surface area contributed by atoms with Gasteiger partial charge >= 0.3 is 0 Å². The van der Waals surface area contributed by atoms with Crippen molar-refractivity contribution in [1.29, 1.82) is 0 Å². The zero-order valence-corrected chi connectivity index (χ0v) is 15.3. The van der Waals surface area contributed by atoms with Gasteiger partial charge in [-0.25, -0.2) is 4.99 Å². The van der Waals surface area contributed by atoms with Gasteiger partial charge < -0.3 is 10.1 Å². The molecule has 0 unspecified atom stereocenters. The molecule has 4 rings (SSSR count). The van der Waals surface area contributed by atoms with E-state index in [9.17, 15) is 9.90 Å². The number of benzene rings is 2. The summed E-state index contributed by atoms with van der Waals surface area (Å²) >= 11 is 4.36. The summed E-state index contributed by atoms with van der Waals surface area (Å²) in [6, 6.07) is 11.2. The molecule has 22 heavy (non-hydrogen) atoms. The van der Waals surface area contributed by atoms with Crippen LogP contribution in [0.1, 0.15) is 16.1 Å². The second-order valence-electron chi connectivity index (χ2n) is 4.94. The van der Waals surface area contributed by atoms with E-state index in [0.29, 0.717) is 22.3 Å². The third-order valence-corrected chi connectivity index (χ3v) is 6.71. The van der Waals surface area contributed by atoms with Crippen molar-refractivity contribution in [3.8, 4) is 5.75 Å². The molecule has 0 aliphatic carbocycles. The minimum absolute atomic E-state index is 0.0696. The smallest absolute Gasteiger partial charge is 0.216 e. The summed E-state index contributed by atoms with van der Waals surface area (Å²) in [4.78, 5) is 20.3. The molecule has 0 saturated heterocycles. The van der Waals surface area contributed by atoms with Gasteiger partial charge in [0.15, 0.2) is 5.75 Å². The largest absolute Gasteiger partial charge is 0.505 e. The number of hydrogen-bond acceptors (Lipinski definition) is 3. The Labute approximate surface area is 152 Å². The highest BCUT2D eigenvalue weighted by atomic mass is 127. The van der Waals surface area contributed by atoms with Gasteiger partial charge in [0.2, 0.25) is 5.78 Å². The second-order valence-corrected chi connectivity index (χ2v) is 7.18. The molecule has 0 atom stereocenters. The van der Waals surface area contributed by atoms with Crippen LogP contribution < -0.4 is 0 Å². The number of carbonyl (C=O) groups excluding carboxylic acids is 1. The normalized spacial score (nSPS) is 13.5. The minimum atomic E-state index is -0.153. The molecule has 108 valence electrons. The Hall–Kier alpha value is -1.42. The maximum absolute atomic E-state index is 12.7. The van der Waals surface area contributed by atoms with Crippen molar-refractivity contribution >= 4 is 73.3 Å². The van der Waals surface area contributed by atoms with Crippen molar-refractivity contribution in [2.45, 2.75) is 0 Å². The number of nitrogens with one attached hydrogen (secondary N) is 1. The average molecular weight is 514 g/mol. The standard InChI is InChI=1S/C16H8I2N2O2/c17-8-5-6-10-11(12(8)18)16(22)14(20-10)13-15(21)7-3-1-2-4-9(7)19-13/h1-6,19,21H. The maximum Gasteiger partial charge on any atom is 0.216 e. The number of H-pyrrole nitrogens is 1. The predicted molar refractivity (Wildman–Crippen MR) is 102 cm³/mol. The molecular weight excluding hydrogens is 506 g/mol. The highest BCUT2D eigenvalue weighted by Crippen LogP contribution is 2.37. The van der Waals surface area contributed by atoms with E-state index in [1.807, 2.05) is 36.4 Å². The van der Waals surface area contributed by atoms with Crippen LogP contribution in [0.3, 0.4) is 0 Å². The summed E-state index contributed by atoms with van der Waals surface area (Å²) in [5.41, 5.74) is 2.70. The molecule has 1 aliphatic rings. The van der Waals surface area contributed by atoms with E-state index >= 15 is 0 Å². The SMILES string of the molecule is O=C1C(c2[nH]c3ccccc3c2O)=Nc2ccc(I)c(I)c21. The molecule has 2 heterocycles. The van der Waals surface area contributed by atoms with Crippen LogP contribution in [0.25, 0.3) is 10.9 Å². The van der Waals surface area contributed by atoms with Crippen LogP contribution in [-0.2, 0) is 0 Å². The van der Waals surface area contributed by atoms with Crippen LogP contribution >= 0.6 is 45.2 Å². The average Bonchev–Trinajstić information content (AvgIpc) is 3.02. The van der Waals surface area contributed by atoms with E-state index in [-0.39, 0.29) is 17.2 Å². The topological polar surface area (TPSA) is 65.5 Å². The van der Waals surface area contributed by atoms with Crippen molar-refractivity contribution < 1.29 is 9.90 Å². The predicted octanol–water partition coefficient (Wildman–Crippen LogP) is 4.40. The van der Waals surface area contributed by atoms with E-state index in [1.165, 1.54) is 0 Å². The van der Waals surface area contributed by atoms with Gasteiger partial charge in [-0.1, -0.05) is 12.1 Å². The molecule has 0 bridgehead atoms. The molecule has 1 aliphatic heterocycles. The maximum atomic E-state index is 12.7. The van der Waals surface area contributed by atoms with Crippen LogP contribution in [0.2, 0.25) is 0 Å². The highest BCUT2D eigenvalue weighted by molar-refractivity contribution is 14.1. The lowest BCUT2D eigenvalue weighted by molar-refractivity contribution is 0.106. The summed E-state index contributed by atoms with van der Waals surface area (Å²) in [7, 11) is 0. The molecule has 0 saturated carbocycles. The number of rotatable bonds is 1. The first kappa shape index (κ1) is 14.2. The van der Waals surface area contributed by atoms with Crippen LogP contribution in [0, 0.1) is 7.14 Å². The summed E-state index contributed by atoms with van der Waals surface area (Å²) in [6.45, 7) is 0. The summed E-state index contributed by atoms with van der Waals surface area (Å²) in [5, 5.41) is 11.1. The summed E-state index contributed by atoms with van der Waals surface area (Å²) < 4.78 is 1.91. The monoisotopic (exact) mass is 514 g/mol. The Morgan fingerprint density at radius 1 is 1.09 bits per heavy atom. The van der Waals surface area contributed by atoms with Gasteiger partial charge in [-0.15, -0.1) is 0 Å². The number of carbonyl (C=O) groups is 1. The number of aromatic amines is 1. The minimum Gasteiger partial charge on any atom is -0.505 e. The molecule has 0 fully saturated rings. The molecule has 0 spiro atoms. The fourth-order valence-corrected chi connectivity index (χ4v) is 3.76. The quantitative estimate of drug-likeness (QED) is 0.474. The van der Waals surface area contributed by atoms with Crippen LogP contribution in [-0.4, -0.2) is 21.6 Å². The van der Waals surface area contributed by atoms with Crippen molar-refractivity contribution in [2.24, 2.45) is 4.99 Å². The fourth-order valence-electron chi connectivity index (χ4n) is 2.61. The van der Waals surface area contributed by atoms with Gasteiger partial charge in [-0.3, -0.25) is 4.79 Å². The first-order chi connectivity index (χ1) is 10.6. The number of hydrogen-bond donors (Lipinski definition) is 2. The zero-order chi connectivity index (χ0) is 15.4. The Morgan fingerprint density at radius 2 is 1.86 bits per heavy atom. The molecule has 0 amide bonds. The van der Waals surface area contributed by atoms with Crippen LogP contribution in [0.4, 0.5) is 5.69 Å². The lowest BCUT2D eigenvalue weighted by Gasteiger charge is -2.02. The summed E-state index contributed by atoms with van der Waals surface area (Å²) in [6.07, 6.45) is 0. The van der Waals surface area contributed by atoms with Crippen molar-refractivity contribution in [1.82, 2.24) is 4.98 Å². The van der Waals surface area contributed by atoms with Gasteiger partial charge in [0, 0.05) is 18.0 Å². The van der Waals surface area contributed by atoms with E-state index in [0.717, 1.165) is 12.7 Å². The Bertz CT molecular complexity index is 989. The first-order valence-electron chi connectivity index (χ1n) is 6.49. The number of halogens is 2. The van der Waals surface area contributed by atoms with Gasteiger partial charge in [-0.2, -0.15) is 0 Å². The molecule has 0 radical (unpaired) electrons. The third-order valence-electron chi connectivity index (χ3n) is 3.66. The van der Waals surface area contributed by atoms with Crippen LogP contribution in [0.5, 0.6) is 5.75 Å². The lowest BCUT2D eigenvalue weighted by Crippen LogP contribution is -2.13. The van der Waals surface area contributed by atoms with Crippen molar-refractivity contribution in [2.75, 3.05) is 0 Å². The number of Topliss-reactive ketones (excluding diaryl/α,β-unsaturated/α-hetero) is 1. The number of nitrogens with zero attached hydrogens (tertiary/aromatic N) is 1. The molecule has 4 nitrogen and oxygen atoms in total. The van der Waals surface area contributed by atoms with Gasteiger partial charge in [-0.05, 0) is 69.4 Å². The molecule has 3 aromatic rings. The molecule has 1 aromatic heterocycles. The van der Waals surface area contributed by atoms with E-state index < -0.39 is 0 Å². The number of ketones is 1. The van der Waals surface area contributed by atoms with Gasteiger partial charge in [0.25, 0.3) is 0 Å². The highest BCUT2D eigenvalue weighted by Gasteiger charge is 2.31. The Kier molecular flexibility index (Phi) is 3.26. The first-order valence-corrected chi connectivity index (χ1v) is 8.65. The van der Waals surface area contributed by atoms with E-state index in [1.54, 1.807) is 0 Å². The number of para-hydroxylation sites is 1. The number of aromatic nitrogens is 1. The number of aromatic hydroxyl groups is 1. The second kappa shape index (κ2) is 5.05. The number of fused-ring (bicyclic) bond motifs is 2. The third kappa shape index (κ3) is 1.93. The molecule has 6 heteroatoms. The van der Waals surface area contributed by atoms with Crippen molar-refractivity contribution in [3.05, 3.63) is 54.8 Å².